The largest absolute Gasteiger partial charge is 0.493 e. The third-order valence-electron chi connectivity index (χ3n) is 5.49. The second kappa shape index (κ2) is 12.8. The number of hydrogen-bond acceptors (Lipinski definition) is 8. The number of hydrogen-bond donors (Lipinski definition) is 3. The lowest BCUT2D eigenvalue weighted by atomic mass is 9.95. The van der Waals surface area contributed by atoms with Crippen molar-refractivity contribution in [3.8, 4) is 5.75 Å². The maximum absolute atomic E-state index is 13.8. The summed E-state index contributed by atoms with van der Waals surface area (Å²) in [7, 11) is -4.78. The molecule has 0 amide bonds. The van der Waals surface area contributed by atoms with Crippen LogP contribution in [0.2, 0.25) is 0 Å². The van der Waals surface area contributed by atoms with Crippen molar-refractivity contribution < 1.29 is 50.3 Å². The molecule has 0 fully saturated rings. The van der Waals surface area contributed by atoms with E-state index in [2.05, 4.69) is 14.7 Å². The summed E-state index contributed by atoms with van der Waals surface area (Å²) in [5.41, 5.74) is 3.63. The van der Waals surface area contributed by atoms with Gasteiger partial charge in [0.25, 0.3) is 0 Å². The van der Waals surface area contributed by atoms with E-state index in [0.29, 0.717) is 19.3 Å². The first kappa shape index (κ1) is 31.1. The van der Waals surface area contributed by atoms with Gasteiger partial charge in [0.1, 0.15) is 15.8 Å². The highest BCUT2D eigenvalue weighted by molar-refractivity contribution is 7.46. The van der Waals surface area contributed by atoms with E-state index < -0.39 is 55.0 Å². The fraction of sp³-hybridized carbons (Fsp3) is 0.478. The van der Waals surface area contributed by atoms with Crippen LogP contribution in [-0.4, -0.2) is 46.0 Å². The summed E-state index contributed by atoms with van der Waals surface area (Å²) < 4.78 is 94.3. The Kier molecular flexibility index (Phi) is 10.2. The Morgan fingerprint density at radius 2 is 1.74 bits per heavy atom. The molecule has 1 aliphatic rings. The van der Waals surface area contributed by atoms with Gasteiger partial charge < -0.3 is 25.0 Å². The van der Waals surface area contributed by atoms with E-state index in [0.717, 1.165) is 29.5 Å². The first-order valence-electron chi connectivity index (χ1n) is 11.7. The predicted molar refractivity (Wildman–Crippen MR) is 131 cm³/mol. The van der Waals surface area contributed by atoms with Gasteiger partial charge in [-0.1, -0.05) is 23.5 Å². The second-order valence-corrected chi connectivity index (χ2v) is 11.2. The number of halogens is 5. The molecule has 2 aromatic rings. The Bertz CT molecular complexity index is 1230. The summed E-state index contributed by atoms with van der Waals surface area (Å²) in [6, 6.07) is 3.37. The van der Waals surface area contributed by atoms with Crippen molar-refractivity contribution >= 4 is 19.2 Å². The third-order valence-corrected chi connectivity index (χ3v) is 7.29. The number of phosphoric ester groups is 1. The van der Waals surface area contributed by atoms with Gasteiger partial charge in [0.05, 0.1) is 30.9 Å². The summed E-state index contributed by atoms with van der Waals surface area (Å²) in [5, 5.41) is 8.18. The number of unbranched alkanes of at least 4 members (excludes halogenated alkanes) is 2. The minimum atomic E-state index is -4.78. The van der Waals surface area contributed by atoms with Crippen LogP contribution < -0.4 is 10.5 Å². The number of benzene rings is 1. The number of nitrogens with zero attached hydrogens (tertiary/aromatic N) is 2. The quantitative estimate of drug-likeness (QED) is 0.161. The molecule has 0 saturated heterocycles. The molecule has 1 aromatic heterocycles. The number of phosphoric acid groups is 1. The molecule has 0 bridgehead atoms. The van der Waals surface area contributed by atoms with Crippen LogP contribution in [0, 0.1) is 11.6 Å². The Labute approximate surface area is 224 Å². The van der Waals surface area contributed by atoms with Crippen LogP contribution in [0.15, 0.2) is 41.7 Å². The molecule has 39 heavy (non-hydrogen) atoms. The highest BCUT2D eigenvalue weighted by atomic mass is 32.1. The number of alkyl halides is 3. The summed E-state index contributed by atoms with van der Waals surface area (Å²) in [5.74, 6) is -3.18. The zero-order valence-corrected chi connectivity index (χ0v) is 22.4. The number of aromatic nitrogens is 2. The van der Waals surface area contributed by atoms with E-state index in [-0.39, 0.29) is 35.4 Å². The average molecular weight is 600 g/mol. The van der Waals surface area contributed by atoms with Gasteiger partial charge in [-0.25, -0.2) is 13.3 Å². The molecule has 1 unspecified atom stereocenters. The smallest absolute Gasteiger partial charge is 0.469 e. The maximum atomic E-state index is 13.8. The van der Waals surface area contributed by atoms with E-state index >= 15 is 0 Å². The van der Waals surface area contributed by atoms with Gasteiger partial charge in [-0.2, -0.15) is 13.2 Å². The lowest BCUT2D eigenvalue weighted by molar-refractivity contribution is -0.0947. The van der Waals surface area contributed by atoms with Crippen LogP contribution in [0.3, 0.4) is 0 Å². The van der Waals surface area contributed by atoms with Crippen LogP contribution in [0.1, 0.15) is 48.5 Å². The molecule has 4 N–H and O–H groups in total. The molecule has 216 valence electrons. The molecule has 9 nitrogen and oxygen atoms in total. The highest BCUT2D eigenvalue weighted by Crippen LogP contribution is 2.42. The lowest BCUT2D eigenvalue weighted by Crippen LogP contribution is -2.37. The first-order valence-corrected chi connectivity index (χ1v) is 14.0. The third kappa shape index (κ3) is 9.05. The Hall–Kier alpha value is -2.42. The van der Waals surface area contributed by atoms with Gasteiger partial charge in [-0.3, -0.25) is 4.52 Å². The highest BCUT2D eigenvalue weighted by Gasteiger charge is 2.40. The number of para-hydroxylation sites is 1. The summed E-state index contributed by atoms with van der Waals surface area (Å²) in [6.45, 7) is 0.852. The Balaban J connectivity index is 1.53. The summed E-state index contributed by atoms with van der Waals surface area (Å²) >= 11 is 0.919. The monoisotopic (exact) mass is 599 g/mol. The Morgan fingerprint density at radius 1 is 1.10 bits per heavy atom. The minimum Gasteiger partial charge on any atom is -0.493 e. The van der Waals surface area contributed by atoms with Crippen molar-refractivity contribution in [2.45, 2.75) is 50.2 Å². The van der Waals surface area contributed by atoms with Crippen LogP contribution >= 0.6 is 19.2 Å². The first-order chi connectivity index (χ1) is 18.2. The van der Waals surface area contributed by atoms with Crippen LogP contribution in [0.5, 0.6) is 5.75 Å². The van der Waals surface area contributed by atoms with Crippen LogP contribution in [-0.2, 0) is 19.4 Å². The van der Waals surface area contributed by atoms with Crippen molar-refractivity contribution in [1.82, 2.24) is 10.2 Å². The molecular formula is C23H27F5N3O6PS. The molecule has 1 heterocycles. The molecule has 1 aliphatic carbocycles. The second-order valence-electron chi connectivity index (χ2n) is 8.92. The number of allylic oxidation sites excluding steroid dienone is 3. The van der Waals surface area contributed by atoms with Gasteiger partial charge in [0.2, 0.25) is 0 Å². The van der Waals surface area contributed by atoms with Crippen LogP contribution in [0.4, 0.5) is 22.0 Å². The summed E-state index contributed by atoms with van der Waals surface area (Å²) in [4.78, 5) is 17.8. The predicted octanol–water partition coefficient (Wildman–Crippen LogP) is 5.23. The number of nitrogens with two attached hydrogens (primary N) is 1. The molecule has 16 heteroatoms. The molecule has 0 saturated carbocycles. The van der Waals surface area contributed by atoms with Gasteiger partial charge >= 0.3 is 14.0 Å². The zero-order valence-electron chi connectivity index (χ0n) is 20.7. The fourth-order valence-corrected chi connectivity index (χ4v) is 4.90. The SMILES string of the molecule is C[C@](N)(COP(=O)(O)O)c1nnc(C2C=C(C(F)(F)F)C(OCCCCCOc3c(F)cccc3F)=CC2)s1. The molecule has 2 atom stereocenters. The van der Waals surface area contributed by atoms with E-state index in [9.17, 15) is 26.5 Å². The molecule has 0 spiro atoms. The average Bonchev–Trinajstić information content (AvgIpc) is 3.34. The molecule has 3 rings (SSSR count). The molecule has 1 aromatic carbocycles. The Morgan fingerprint density at radius 3 is 2.36 bits per heavy atom. The molecule has 0 radical (unpaired) electrons. The van der Waals surface area contributed by atoms with Crippen molar-refractivity contribution in [2.24, 2.45) is 5.73 Å². The van der Waals surface area contributed by atoms with E-state index in [1.807, 2.05) is 0 Å². The standard InChI is InChI=1S/C23H27F5N3O6PS/c1-22(29,13-37-38(32,33)34)21-31-30-20(39-21)14-8-9-18(15(12-14)23(26,27)28)35-10-3-2-4-11-36-19-16(24)6-5-7-17(19)25/h5-7,9,12,14H,2-4,8,10-11,13,29H2,1H3,(H2,32,33,34)/t14?,22-/m0/s1. The van der Waals surface area contributed by atoms with Crippen LogP contribution in [0.25, 0.3) is 0 Å². The zero-order chi connectivity index (χ0) is 28.8. The number of rotatable bonds is 13. The van der Waals surface area contributed by atoms with Crippen molar-refractivity contribution in [3.05, 3.63) is 63.3 Å². The molecular weight excluding hydrogens is 572 g/mol. The lowest BCUT2D eigenvalue weighted by Gasteiger charge is -2.23. The van der Waals surface area contributed by atoms with Crippen molar-refractivity contribution in [2.75, 3.05) is 19.8 Å². The van der Waals surface area contributed by atoms with Gasteiger partial charge in [-0.15, -0.1) is 10.2 Å². The fourth-order valence-electron chi connectivity index (χ4n) is 3.49. The topological polar surface area (TPSA) is 137 Å². The van der Waals surface area contributed by atoms with Crippen molar-refractivity contribution in [3.63, 3.8) is 0 Å². The normalized spacial score (nSPS) is 17.8. The van der Waals surface area contributed by atoms with Gasteiger partial charge in [-0.05, 0) is 50.8 Å². The summed E-state index contributed by atoms with van der Waals surface area (Å²) in [6.07, 6.45) is -0.942. The minimum absolute atomic E-state index is 0.00790. The van der Waals surface area contributed by atoms with E-state index in [4.69, 9.17) is 25.0 Å². The van der Waals surface area contributed by atoms with Gasteiger partial charge in [0.15, 0.2) is 17.4 Å². The van der Waals surface area contributed by atoms with Crippen molar-refractivity contribution in [1.29, 1.82) is 0 Å². The van der Waals surface area contributed by atoms with E-state index in [1.165, 1.54) is 19.1 Å². The molecule has 0 aliphatic heterocycles. The number of ether oxygens (including phenoxy) is 2. The van der Waals surface area contributed by atoms with Gasteiger partial charge in [0, 0.05) is 5.92 Å². The van der Waals surface area contributed by atoms with E-state index in [1.54, 1.807) is 0 Å². The maximum Gasteiger partial charge on any atom is 0.469 e.